The van der Waals surface area contributed by atoms with Crippen LogP contribution in [0.15, 0.2) is 5.38 Å². The molecular weight excluding hydrogens is 246 g/mol. The van der Waals surface area contributed by atoms with Gasteiger partial charge >= 0.3 is 12.0 Å². The molecule has 1 aromatic rings. The number of thiazole rings is 1. The lowest BCUT2D eigenvalue weighted by Crippen LogP contribution is -2.43. The van der Waals surface area contributed by atoms with Crippen molar-refractivity contribution in [3.63, 3.8) is 0 Å². The molecule has 0 aliphatic heterocycles. The summed E-state index contributed by atoms with van der Waals surface area (Å²) in [5.74, 6) is -1.19. The fourth-order valence-electron chi connectivity index (χ4n) is 1.09. The summed E-state index contributed by atoms with van der Waals surface area (Å²) in [4.78, 5) is 26.1. The average Bonchev–Trinajstić information content (AvgIpc) is 2.63. The summed E-state index contributed by atoms with van der Waals surface area (Å²) in [6, 6.07) is -1.76. The van der Waals surface area contributed by atoms with Crippen LogP contribution in [0.3, 0.4) is 0 Å². The van der Waals surface area contributed by atoms with Gasteiger partial charge in [0.25, 0.3) is 0 Å². The molecule has 0 aliphatic rings. The van der Waals surface area contributed by atoms with Crippen LogP contribution in [-0.2, 0) is 4.79 Å². The van der Waals surface area contributed by atoms with Gasteiger partial charge in [-0.05, 0) is 6.92 Å². The second-order valence-electron chi connectivity index (χ2n) is 3.30. The van der Waals surface area contributed by atoms with E-state index in [0.717, 1.165) is 5.69 Å². The number of carbonyl (C=O) groups excluding carboxylic acids is 1. The molecule has 0 saturated heterocycles. The number of carboxylic acid groups (broad SMARTS) is 1. The van der Waals surface area contributed by atoms with Gasteiger partial charge in [0, 0.05) is 18.4 Å². The molecule has 0 bridgehead atoms. The van der Waals surface area contributed by atoms with Gasteiger partial charge in [0.15, 0.2) is 5.13 Å². The molecule has 2 amide bonds. The molecule has 1 heterocycles. The number of anilines is 1. The number of aliphatic hydroxyl groups is 1. The number of carbonyl (C=O) groups is 2. The molecule has 0 fully saturated rings. The number of nitrogens with one attached hydrogen (secondary N) is 2. The topological polar surface area (TPSA) is 112 Å². The van der Waals surface area contributed by atoms with Crippen LogP contribution in [0.25, 0.3) is 0 Å². The van der Waals surface area contributed by atoms with E-state index >= 15 is 0 Å². The number of amides is 2. The van der Waals surface area contributed by atoms with Crippen LogP contribution < -0.4 is 10.6 Å². The average molecular weight is 259 g/mol. The number of rotatable bonds is 5. The third kappa shape index (κ3) is 4.37. The summed E-state index contributed by atoms with van der Waals surface area (Å²) in [6.45, 7) is 1.47. The Morgan fingerprint density at radius 2 is 2.29 bits per heavy atom. The predicted octanol–water partition coefficient (Wildman–Crippen LogP) is 0.409. The summed E-state index contributed by atoms with van der Waals surface area (Å²) in [7, 11) is 0. The maximum atomic E-state index is 11.4. The molecule has 0 aromatic carbocycles. The first-order valence-corrected chi connectivity index (χ1v) is 5.74. The smallest absolute Gasteiger partial charge is 0.326 e. The Balaban J connectivity index is 2.50. The Bertz CT molecular complexity index is 407. The highest BCUT2D eigenvalue weighted by molar-refractivity contribution is 7.13. The number of aliphatic hydroxyl groups excluding tert-OH is 1. The number of aryl methyl sites for hydroxylation is 1. The SMILES string of the molecule is Cc1csc(NC(=O)N[C@@H](CCO)C(=O)O)n1. The lowest BCUT2D eigenvalue weighted by Gasteiger charge is -2.12. The fourth-order valence-corrected chi connectivity index (χ4v) is 1.77. The number of aliphatic carboxylic acids is 1. The summed E-state index contributed by atoms with van der Waals surface area (Å²) in [6.07, 6.45) is -0.0420. The Morgan fingerprint density at radius 3 is 2.76 bits per heavy atom. The van der Waals surface area contributed by atoms with Gasteiger partial charge in [-0.1, -0.05) is 0 Å². The van der Waals surface area contributed by atoms with E-state index in [0.29, 0.717) is 5.13 Å². The minimum Gasteiger partial charge on any atom is -0.480 e. The minimum absolute atomic E-state index is 0.0420. The van der Waals surface area contributed by atoms with Crippen LogP contribution >= 0.6 is 11.3 Å². The standard InChI is InChI=1S/C9H13N3O4S/c1-5-4-17-9(10-5)12-8(16)11-6(2-3-13)7(14)15/h4,6,13H,2-3H2,1H3,(H,14,15)(H2,10,11,12,16)/t6-/m0/s1. The van der Waals surface area contributed by atoms with E-state index in [1.807, 2.05) is 0 Å². The molecule has 1 atom stereocenters. The van der Waals surface area contributed by atoms with Crippen LogP contribution in [0.1, 0.15) is 12.1 Å². The first-order chi connectivity index (χ1) is 8.02. The number of carboxylic acids is 1. The Hall–Kier alpha value is -1.67. The van der Waals surface area contributed by atoms with E-state index in [2.05, 4.69) is 15.6 Å². The van der Waals surface area contributed by atoms with Crippen molar-refractivity contribution in [3.05, 3.63) is 11.1 Å². The Kier molecular flexibility index (Phi) is 4.85. The van der Waals surface area contributed by atoms with E-state index in [4.69, 9.17) is 10.2 Å². The summed E-state index contributed by atoms with van der Waals surface area (Å²) < 4.78 is 0. The van der Waals surface area contributed by atoms with Crippen molar-refractivity contribution in [2.24, 2.45) is 0 Å². The van der Waals surface area contributed by atoms with E-state index in [-0.39, 0.29) is 13.0 Å². The number of hydrogen-bond acceptors (Lipinski definition) is 5. The van der Waals surface area contributed by atoms with Crippen molar-refractivity contribution in [2.75, 3.05) is 11.9 Å². The van der Waals surface area contributed by atoms with E-state index in [1.165, 1.54) is 11.3 Å². The summed E-state index contributed by atoms with van der Waals surface area (Å²) in [5.41, 5.74) is 0.774. The zero-order valence-electron chi connectivity index (χ0n) is 9.14. The highest BCUT2D eigenvalue weighted by atomic mass is 32.1. The van der Waals surface area contributed by atoms with Crippen molar-refractivity contribution in [3.8, 4) is 0 Å². The Morgan fingerprint density at radius 1 is 1.59 bits per heavy atom. The van der Waals surface area contributed by atoms with Gasteiger partial charge in [0.05, 0.1) is 5.69 Å². The minimum atomic E-state index is -1.19. The van der Waals surface area contributed by atoms with Gasteiger partial charge in [-0.3, -0.25) is 5.32 Å². The molecule has 0 aliphatic carbocycles. The van der Waals surface area contributed by atoms with Gasteiger partial charge in [-0.25, -0.2) is 14.6 Å². The molecule has 1 rings (SSSR count). The highest BCUT2D eigenvalue weighted by Gasteiger charge is 2.19. The fraction of sp³-hybridized carbons (Fsp3) is 0.444. The largest absolute Gasteiger partial charge is 0.480 e. The van der Waals surface area contributed by atoms with Crippen molar-refractivity contribution in [2.45, 2.75) is 19.4 Å². The zero-order chi connectivity index (χ0) is 12.8. The quantitative estimate of drug-likeness (QED) is 0.612. The van der Waals surface area contributed by atoms with Crippen LogP contribution in [0, 0.1) is 6.92 Å². The number of nitrogens with zero attached hydrogens (tertiary/aromatic N) is 1. The van der Waals surface area contributed by atoms with Crippen molar-refractivity contribution >= 4 is 28.5 Å². The van der Waals surface area contributed by atoms with Crippen molar-refractivity contribution in [1.82, 2.24) is 10.3 Å². The van der Waals surface area contributed by atoms with Gasteiger partial charge in [0.1, 0.15) is 6.04 Å². The highest BCUT2D eigenvalue weighted by Crippen LogP contribution is 2.13. The van der Waals surface area contributed by atoms with Crippen LogP contribution in [0.5, 0.6) is 0 Å². The number of hydrogen-bond donors (Lipinski definition) is 4. The summed E-state index contributed by atoms with van der Waals surface area (Å²) >= 11 is 1.25. The van der Waals surface area contributed by atoms with E-state index in [9.17, 15) is 9.59 Å². The number of aromatic nitrogens is 1. The van der Waals surface area contributed by atoms with E-state index < -0.39 is 18.0 Å². The van der Waals surface area contributed by atoms with Crippen molar-refractivity contribution < 1.29 is 19.8 Å². The molecule has 8 heteroatoms. The molecule has 0 spiro atoms. The molecule has 1 aromatic heterocycles. The van der Waals surface area contributed by atoms with Crippen LogP contribution in [-0.4, -0.2) is 39.8 Å². The second kappa shape index (κ2) is 6.16. The third-order valence-electron chi connectivity index (χ3n) is 1.86. The molecule has 0 unspecified atom stereocenters. The predicted molar refractivity (Wildman–Crippen MR) is 62.1 cm³/mol. The maximum Gasteiger partial charge on any atom is 0.326 e. The van der Waals surface area contributed by atoms with E-state index in [1.54, 1.807) is 12.3 Å². The van der Waals surface area contributed by atoms with Gasteiger partial charge in [0.2, 0.25) is 0 Å². The molecule has 7 nitrogen and oxygen atoms in total. The molecule has 0 radical (unpaired) electrons. The molecule has 0 saturated carbocycles. The number of urea groups is 1. The van der Waals surface area contributed by atoms with Crippen LogP contribution in [0.4, 0.5) is 9.93 Å². The molecule has 4 N–H and O–H groups in total. The van der Waals surface area contributed by atoms with Gasteiger partial charge in [-0.2, -0.15) is 0 Å². The first-order valence-electron chi connectivity index (χ1n) is 4.86. The lowest BCUT2D eigenvalue weighted by molar-refractivity contribution is -0.139. The Labute approximate surface area is 101 Å². The summed E-state index contributed by atoms with van der Waals surface area (Å²) in [5, 5.41) is 24.2. The monoisotopic (exact) mass is 259 g/mol. The van der Waals surface area contributed by atoms with Gasteiger partial charge in [-0.15, -0.1) is 11.3 Å². The second-order valence-corrected chi connectivity index (χ2v) is 4.15. The first kappa shape index (κ1) is 13.4. The van der Waals surface area contributed by atoms with Crippen molar-refractivity contribution in [1.29, 1.82) is 0 Å². The molecule has 17 heavy (non-hydrogen) atoms. The molecule has 94 valence electrons. The lowest BCUT2D eigenvalue weighted by atomic mass is 10.2. The van der Waals surface area contributed by atoms with Gasteiger partial charge < -0.3 is 15.5 Å². The molecular formula is C9H13N3O4S. The van der Waals surface area contributed by atoms with Crippen LogP contribution in [0.2, 0.25) is 0 Å². The normalized spacial score (nSPS) is 11.9. The zero-order valence-corrected chi connectivity index (χ0v) is 9.95. The third-order valence-corrected chi connectivity index (χ3v) is 2.74. The maximum absolute atomic E-state index is 11.4.